The summed E-state index contributed by atoms with van der Waals surface area (Å²) < 4.78 is 49.4. The third-order valence-corrected chi connectivity index (χ3v) is 5.83. The molecule has 0 radical (unpaired) electrons. The van der Waals surface area contributed by atoms with Crippen molar-refractivity contribution in [2.45, 2.75) is 5.03 Å². The minimum Gasteiger partial charge on any atom is -0.452 e. The number of nitrogens with one attached hydrogen (secondary N) is 1. The smallest absolute Gasteiger partial charge is 0.192 e. The van der Waals surface area contributed by atoms with Crippen molar-refractivity contribution in [1.29, 1.82) is 0 Å². The summed E-state index contributed by atoms with van der Waals surface area (Å²) in [6.45, 7) is 0. The number of ether oxygens (including phenoxy) is 2. The number of aromatic nitrogens is 4. The first-order chi connectivity index (χ1) is 16.4. The topological polar surface area (TPSA) is 107 Å². The van der Waals surface area contributed by atoms with Gasteiger partial charge in [0, 0.05) is 24.6 Å². The lowest BCUT2D eigenvalue weighted by molar-refractivity contribution is 0.402. The van der Waals surface area contributed by atoms with Crippen LogP contribution in [0.5, 0.6) is 23.0 Å². The number of imidazole rings is 1. The van der Waals surface area contributed by atoms with Gasteiger partial charge in [0.15, 0.2) is 43.8 Å². The van der Waals surface area contributed by atoms with E-state index in [9.17, 15) is 12.8 Å². The van der Waals surface area contributed by atoms with Crippen LogP contribution >= 0.6 is 0 Å². The minimum absolute atomic E-state index is 0.0118. The van der Waals surface area contributed by atoms with E-state index in [0.717, 1.165) is 6.26 Å². The number of aromatic amines is 1. The fourth-order valence-electron chi connectivity index (χ4n) is 3.22. The maximum Gasteiger partial charge on any atom is 0.192 e. The van der Waals surface area contributed by atoms with Gasteiger partial charge in [0.05, 0.1) is 17.2 Å². The Morgan fingerprint density at radius 3 is 2.38 bits per heavy atom. The molecule has 34 heavy (non-hydrogen) atoms. The molecule has 170 valence electrons. The summed E-state index contributed by atoms with van der Waals surface area (Å²) in [5.41, 5.74) is 1.85. The third-order valence-electron chi connectivity index (χ3n) is 4.83. The highest BCUT2D eigenvalue weighted by atomic mass is 32.2. The Morgan fingerprint density at radius 2 is 1.68 bits per heavy atom. The number of H-pyrrole nitrogens is 1. The molecule has 8 nitrogen and oxygen atoms in total. The first-order valence-corrected chi connectivity index (χ1v) is 12.0. The number of rotatable bonds is 6. The Morgan fingerprint density at radius 1 is 0.882 bits per heavy atom. The number of halogens is 1. The van der Waals surface area contributed by atoms with Crippen molar-refractivity contribution < 1.29 is 22.3 Å². The number of benzene rings is 2. The summed E-state index contributed by atoms with van der Waals surface area (Å²) in [6, 6.07) is 17.6. The number of pyridine rings is 2. The highest BCUT2D eigenvalue weighted by Crippen LogP contribution is 2.39. The van der Waals surface area contributed by atoms with Gasteiger partial charge < -0.3 is 14.5 Å². The number of nitrogens with zero attached hydrogens (tertiary/aromatic N) is 3. The number of hydrogen-bond donors (Lipinski definition) is 1. The summed E-state index contributed by atoms with van der Waals surface area (Å²) in [7, 11) is -3.45. The van der Waals surface area contributed by atoms with Gasteiger partial charge in [-0.15, -0.1) is 0 Å². The van der Waals surface area contributed by atoms with Crippen LogP contribution in [0.1, 0.15) is 0 Å². The van der Waals surface area contributed by atoms with E-state index in [0.29, 0.717) is 22.6 Å². The van der Waals surface area contributed by atoms with Crippen LogP contribution in [0.4, 0.5) is 4.39 Å². The summed E-state index contributed by atoms with van der Waals surface area (Å²) >= 11 is 0. The lowest BCUT2D eigenvalue weighted by Gasteiger charge is -2.13. The molecule has 0 bridgehead atoms. The second kappa shape index (κ2) is 8.56. The van der Waals surface area contributed by atoms with E-state index in [4.69, 9.17) is 9.47 Å². The Kier molecular flexibility index (Phi) is 5.42. The van der Waals surface area contributed by atoms with Crippen LogP contribution in [-0.4, -0.2) is 34.6 Å². The van der Waals surface area contributed by atoms with Gasteiger partial charge in [0.2, 0.25) is 0 Å². The zero-order chi connectivity index (χ0) is 23.7. The second-order valence-corrected chi connectivity index (χ2v) is 9.32. The van der Waals surface area contributed by atoms with E-state index in [2.05, 4.69) is 19.9 Å². The maximum absolute atomic E-state index is 14.3. The molecule has 0 saturated heterocycles. The van der Waals surface area contributed by atoms with Crippen LogP contribution in [-0.2, 0) is 9.84 Å². The Balaban J connectivity index is 1.57. The van der Waals surface area contributed by atoms with Gasteiger partial charge in [-0.05, 0) is 36.4 Å². The van der Waals surface area contributed by atoms with Crippen LogP contribution in [0.3, 0.4) is 0 Å². The summed E-state index contributed by atoms with van der Waals surface area (Å²) in [6.07, 6.45) is 4.03. The molecule has 5 rings (SSSR count). The normalized spacial score (nSPS) is 11.5. The molecule has 3 aromatic heterocycles. The van der Waals surface area contributed by atoms with E-state index in [-0.39, 0.29) is 28.0 Å². The lowest BCUT2D eigenvalue weighted by atomic mass is 10.2. The molecule has 1 N–H and O–H groups in total. The Labute approximate surface area is 194 Å². The molecule has 0 atom stereocenters. The molecule has 10 heteroatoms. The first-order valence-electron chi connectivity index (χ1n) is 10.1. The zero-order valence-corrected chi connectivity index (χ0v) is 18.6. The van der Waals surface area contributed by atoms with Gasteiger partial charge in [0.25, 0.3) is 0 Å². The Hall–Kier alpha value is -4.31. The number of para-hydroxylation sites is 1. The molecule has 0 fully saturated rings. The highest BCUT2D eigenvalue weighted by Gasteiger charge is 2.16. The average Bonchev–Trinajstić information content (AvgIpc) is 3.24. The van der Waals surface area contributed by atoms with Crippen molar-refractivity contribution >= 4 is 20.9 Å². The van der Waals surface area contributed by atoms with Crippen molar-refractivity contribution in [3.8, 4) is 34.5 Å². The summed E-state index contributed by atoms with van der Waals surface area (Å²) in [5, 5.41) is -0.0771. The monoisotopic (exact) mass is 476 g/mol. The van der Waals surface area contributed by atoms with Crippen LogP contribution < -0.4 is 9.47 Å². The molecule has 5 aromatic rings. The minimum atomic E-state index is -3.45. The first kappa shape index (κ1) is 21.5. The lowest BCUT2D eigenvalue weighted by Crippen LogP contribution is -2.00. The van der Waals surface area contributed by atoms with Crippen molar-refractivity contribution in [1.82, 2.24) is 19.9 Å². The summed E-state index contributed by atoms with van der Waals surface area (Å²) in [5.74, 6) is 0.754. The molecule has 2 aromatic carbocycles. The summed E-state index contributed by atoms with van der Waals surface area (Å²) in [4.78, 5) is 16.0. The standard InChI is InChI=1S/C24H17FN4O4S/c1-34(30,31)23-10-9-15(14-27-23)32-21-12-18-19(29-24(28-18)17-7-4-5-11-26-17)13-22(21)33-20-8-3-2-6-16(20)25/h2-14H,1H3,(H,28,29). The van der Waals surface area contributed by atoms with Gasteiger partial charge in [0.1, 0.15) is 11.4 Å². The van der Waals surface area contributed by atoms with Gasteiger partial charge in [-0.2, -0.15) is 0 Å². The van der Waals surface area contributed by atoms with Crippen molar-refractivity contribution in [2.24, 2.45) is 0 Å². The van der Waals surface area contributed by atoms with E-state index < -0.39 is 15.7 Å². The molecule has 0 spiro atoms. The Bertz CT molecular complexity index is 1590. The predicted octanol–water partition coefficient (Wildman–Crippen LogP) is 5.15. The van der Waals surface area contributed by atoms with E-state index in [1.807, 2.05) is 18.2 Å². The number of hydrogen-bond acceptors (Lipinski definition) is 7. The molecule has 0 saturated carbocycles. The molecule has 0 amide bonds. The molecule has 0 unspecified atom stereocenters. The molecule has 0 aliphatic rings. The van der Waals surface area contributed by atoms with E-state index >= 15 is 0 Å². The number of fused-ring (bicyclic) bond motifs is 1. The van der Waals surface area contributed by atoms with Crippen LogP contribution in [0.25, 0.3) is 22.6 Å². The van der Waals surface area contributed by atoms with Gasteiger partial charge in [-0.25, -0.2) is 22.8 Å². The van der Waals surface area contributed by atoms with Crippen molar-refractivity contribution in [3.63, 3.8) is 0 Å². The fraction of sp³-hybridized carbons (Fsp3) is 0.0417. The van der Waals surface area contributed by atoms with E-state index in [1.165, 1.54) is 30.5 Å². The SMILES string of the molecule is CS(=O)(=O)c1ccc(Oc2cc3[nH]c(-c4ccccn4)nc3cc2Oc2ccccc2F)cn1. The van der Waals surface area contributed by atoms with Gasteiger partial charge in [-0.3, -0.25) is 4.98 Å². The molecule has 0 aliphatic heterocycles. The average molecular weight is 476 g/mol. The zero-order valence-electron chi connectivity index (χ0n) is 17.8. The van der Waals surface area contributed by atoms with Gasteiger partial charge >= 0.3 is 0 Å². The quantitative estimate of drug-likeness (QED) is 0.361. The van der Waals surface area contributed by atoms with Crippen LogP contribution in [0.15, 0.2) is 84.1 Å². The number of sulfone groups is 1. The van der Waals surface area contributed by atoms with Gasteiger partial charge in [-0.1, -0.05) is 18.2 Å². The largest absolute Gasteiger partial charge is 0.452 e. The van der Waals surface area contributed by atoms with E-state index in [1.54, 1.807) is 30.5 Å². The van der Waals surface area contributed by atoms with Crippen LogP contribution in [0.2, 0.25) is 0 Å². The van der Waals surface area contributed by atoms with Crippen molar-refractivity contribution in [3.05, 3.63) is 84.9 Å². The van der Waals surface area contributed by atoms with Crippen molar-refractivity contribution in [2.75, 3.05) is 6.26 Å². The molecule has 0 aliphatic carbocycles. The molecule has 3 heterocycles. The third kappa shape index (κ3) is 4.44. The fourth-order valence-corrected chi connectivity index (χ4v) is 3.78. The highest BCUT2D eigenvalue weighted by molar-refractivity contribution is 7.90. The van der Waals surface area contributed by atoms with Crippen LogP contribution in [0, 0.1) is 5.82 Å². The molecular formula is C24H17FN4O4S. The predicted molar refractivity (Wildman–Crippen MR) is 123 cm³/mol. The maximum atomic E-state index is 14.3. The second-order valence-electron chi connectivity index (χ2n) is 7.36. The molecular weight excluding hydrogens is 459 g/mol.